The second-order valence-electron chi connectivity index (χ2n) is 6.29. The number of thiol groups is 1. The van der Waals surface area contributed by atoms with Crippen LogP contribution in [0.5, 0.6) is 0 Å². The minimum Gasteiger partial charge on any atom is -0.143 e. The van der Waals surface area contributed by atoms with E-state index in [1.165, 1.54) is 27.8 Å². The Labute approximate surface area is 149 Å². The van der Waals surface area contributed by atoms with Crippen LogP contribution in [0.2, 0.25) is 0 Å². The van der Waals surface area contributed by atoms with Crippen molar-refractivity contribution in [3.63, 3.8) is 0 Å². The third-order valence-corrected chi connectivity index (χ3v) is 5.28. The summed E-state index contributed by atoms with van der Waals surface area (Å²) in [4.78, 5) is 1.00. The molecular formula is C23H20S. The van der Waals surface area contributed by atoms with Crippen LogP contribution in [0.4, 0.5) is 0 Å². The molecule has 0 aromatic heterocycles. The van der Waals surface area contributed by atoms with E-state index in [0.717, 1.165) is 11.3 Å². The number of rotatable bonds is 3. The normalized spacial score (nSPS) is 21.9. The standard InChI is InChI=1S/C23H20S/c1-2-3-6-15-23(17-9-7-10-18(24)16-17)21-13-5-4-11-19(21)20-12-8-14-22(20)23/h2-13,15-16,24H,14H2,1H3/b3-2-,15-6+. The van der Waals surface area contributed by atoms with Gasteiger partial charge in [0, 0.05) is 4.90 Å². The Hall–Kier alpha value is -2.25. The highest BCUT2D eigenvalue weighted by molar-refractivity contribution is 7.80. The van der Waals surface area contributed by atoms with Gasteiger partial charge in [0.15, 0.2) is 0 Å². The number of hydrogen-bond acceptors (Lipinski definition) is 1. The van der Waals surface area contributed by atoms with Crippen molar-refractivity contribution in [2.24, 2.45) is 0 Å². The van der Waals surface area contributed by atoms with Crippen LogP contribution in [-0.2, 0) is 5.41 Å². The Morgan fingerprint density at radius 2 is 1.92 bits per heavy atom. The molecule has 0 nitrogen and oxygen atoms in total. The van der Waals surface area contributed by atoms with Gasteiger partial charge in [0.2, 0.25) is 0 Å². The molecule has 0 amide bonds. The van der Waals surface area contributed by atoms with E-state index in [9.17, 15) is 0 Å². The van der Waals surface area contributed by atoms with Gasteiger partial charge in [0.05, 0.1) is 5.41 Å². The summed E-state index contributed by atoms with van der Waals surface area (Å²) in [7, 11) is 0. The second-order valence-corrected chi connectivity index (χ2v) is 6.80. The highest BCUT2D eigenvalue weighted by atomic mass is 32.1. The molecule has 24 heavy (non-hydrogen) atoms. The lowest BCUT2D eigenvalue weighted by Gasteiger charge is -2.31. The van der Waals surface area contributed by atoms with E-state index in [1.807, 2.05) is 6.07 Å². The molecule has 1 heteroatoms. The smallest absolute Gasteiger partial charge is 0.0613 e. The molecule has 0 radical (unpaired) electrons. The van der Waals surface area contributed by atoms with Gasteiger partial charge in [0.1, 0.15) is 0 Å². The predicted octanol–water partition coefficient (Wildman–Crippen LogP) is 6.12. The summed E-state index contributed by atoms with van der Waals surface area (Å²) in [6.07, 6.45) is 14.3. The molecule has 1 unspecified atom stereocenters. The summed E-state index contributed by atoms with van der Waals surface area (Å²) in [5, 5.41) is 0. The lowest BCUT2D eigenvalue weighted by Crippen LogP contribution is -2.25. The van der Waals surface area contributed by atoms with E-state index >= 15 is 0 Å². The van der Waals surface area contributed by atoms with Crippen LogP contribution < -0.4 is 0 Å². The SMILES string of the molecule is C/C=C\C=C\C1(c2cccc(S)c2)C2=C(C=CC2)c2ccccc21. The van der Waals surface area contributed by atoms with Gasteiger partial charge in [-0.3, -0.25) is 0 Å². The molecule has 2 aliphatic rings. The van der Waals surface area contributed by atoms with Crippen molar-refractivity contribution in [3.8, 4) is 0 Å². The molecule has 118 valence electrons. The van der Waals surface area contributed by atoms with E-state index in [2.05, 4.69) is 98.5 Å². The zero-order chi connectivity index (χ0) is 16.6. The molecule has 0 heterocycles. The van der Waals surface area contributed by atoms with Gasteiger partial charge in [0.25, 0.3) is 0 Å². The van der Waals surface area contributed by atoms with Crippen LogP contribution in [0, 0.1) is 0 Å². The van der Waals surface area contributed by atoms with E-state index in [0.29, 0.717) is 0 Å². The fourth-order valence-corrected chi connectivity index (χ4v) is 4.26. The monoisotopic (exact) mass is 328 g/mol. The maximum atomic E-state index is 4.59. The van der Waals surface area contributed by atoms with Gasteiger partial charge in [-0.2, -0.15) is 0 Å². The van der Waals surface area contributed by atoms with E-state index in [4.69, 9.17) is 0 Å². The largest absolute Gasteiger partial charge is 0.143 e. The molecule has 4 rings (SSSR count). The minimum absolute atomic E-state index is 0.201. The van der Waals surface area contributed by atoms with Crippen molar-refractivity contribution in [2.45, 2.75) is 23.7 Å². The van der Waals surface area contributed by atoms with Crippen LogP contribution in [0.15, 0.2) is 95.5 Å². The summed E-state index contributed by atoms with van der Waals surface area (Å²) in [6.45, 7) is 2.05. The Morgan fingerprint density at radius 3 is 2.75 bits per heavy atom. The van der Waals surface area contributed by atoms with Crippen molar-refractivity contribution in [1.29, 1.82) is 0 Å². The van der Waals surface area contributed by atoms with Crippen LogP contribution >= 0.6 is 12.6 Å². The molecule has 2 aromatic carbocycles. The molecule has 0 fully saturated rings. The van der Waals surface area contributed by atoms with Gasteiger partial charge in [-0.05, 0) is 53.3 Å². The number of hydrogen-bond donors (Lipinski definition) is 1. The highest BCUT2D eigenvalue weighted by Gasteiger charge is 2.44. The summed E-state index contributed by atoms with van der Waals surface area (Å²) < 4.78 is 0. The van der Waals surface area contributed by atoms with E-state index in [1.54, 1.807) is 0 Å². The fourth-order valence-electron chi connectivity index (χ4n) is 4.03. The van der Waals surface area contributed by atoms with Crippen molar-refractivity contribution < 1.29 is 0 Å². The average Bonchev–Trinajstić information content (AvgIpc) is 3.17. The predicted molar refractivity (Wildman–Crippen MR) is 106 cm³/mol. The Morgan fingerprint density at radius 1 is 1.04 bits per heavy atom. The van der Waals surface area contributed by atoms with Gasteiger partial charge in [-0.1, -0.05) is 72.9 Å². The summed E-state index contributed by atoms with van der Waals surface area (Å²) in [5.74, 6) is 0. The minimum atomic E-state index is -0.201. The Kier molecular flexibility index (Phi) is 3.82. The molecule has 0 aliphatic heterocycles. The van der Waals surface area contributed by atoms with Crippen molar-refractivity contribution in [2.75, 3.05) is 0 Å². The molecule has 2 aliphatic carbocycles. The lowest BCUT2D eigenvalue weighted by molar-refractivity contribution is 0.756. The third kappa shape index (κ3) is 2.16. The highest BCUT2D eigenvalue weighted by Crippen LogP contribution is 2.55. The second kappa shape index (κ2) is 5.99. The molecule has 0 saturated carbocycles. The van der Waals surface area contributed by atoms with Gasteiger partial charge in [-0.15, -0.1) is 12.6 Å². The first kappa shape index (κ1) is 15.3. The van der Waals surface area contributed by atoms with Gasteiger partial charge >= 0.3 is 0 Å². The lowest BCUT2D eigenvalue weighted by atomic mass is 9.70. The zero-order valence-corrected chi connectivity index (χ0v) is 14.6. The number of benzene rings is 2. The Bertz CT molecular complexity index is 911. The average molecular weight is 328 g/mol. The maximum Gasteiger partial charge on any atom is 0.0613 e. The number of allylic oxidation sites excluding steroid dienone is 8. The first-order valence-corrected chi connectivity index (χ1v) is 8.82. The molecule has 0 spiro atoms. The number of fused-ring (bicyclic) bond motifs is 2. The van der Waals surface area contributed by atoms with Crippen LogP contribution in [-0.4, -0.2) is 0 Å². The molecule has 1 atom stereocenters. The third-order valence-electron chi connectivity index (χ3n) is 5.00. The first-order valence-electron chi connectivity index (χ1n) is 8.37. The maximum absolute atomic E-state index is 4.59. The van der Waals surface area contributed by atoms with Crippen LogP contribution in [0.25, 0.3) is 5.57 Å². The molecule has 0 bridgehead atoms. The van der Waals surface area contributed by atoms with E-state index < -0.39 is 0 Å². The van der Waals surface area contributed by atoms with Crippen molar-refractivity contribution >= 4 is 18.2 Å². The summed E-state index contributed by atoms with van der Waals surface area (Å²) >= 11 is 4.59. The van der Waals surface area contributed by atoms with Crippen molar-refractivity contribution in [1.82, 2.24) is 0 Å². The van der Waals surface area contributed by atoms with Crippen LogP contribution in [0.1, 0.15) is 30.0 Å². The van der Waals surface area contributed by atoms with Gasteiger partial charge in [-0.25, -0.2) is 0 Å². The first-order chi connectivity index (χ1) is 11.8. The molecular weight excluding hydrogens is 308 g/mol. The fraction of sp³-hybridized carbons (Fsp3) is 0.130. The topological polar surface area (TPSA) is 0 Å². The van der Waals surface area contributed by atoms with Crippen molar-refractivity contribution in [3.05, 3.63) is 107 Å². The molecule has 0 saturated heterocycles. The molecule has 2 aromatic rings. The van der Waals surface area contributed by atoms with Crippen LogP contribution in [0.3, 0.4) is 0 Å². The molecule has 0 N–H and O–H groups in total. The Balaban J connectivity index is 2.04. The quantitative estimate of drug-likeness (QED) is 0.509. The zero-order valence-electron chi connectivity index (χ0n) is 13.7. The van der Waals surface area contributed by atoms with E-state index in [-0.39, 0.29) is 5.41 Å². The summed E-state index contributed by atoms with van der Waals surface area (Å²) in [6, 6.07) is 17.4. The van der Waals surface area contributed by atoms with Gasteiger partial charge < -0.3 is 0 Å². The summed E-state index contributed by atoms with van der Waals surface area (Å²) in [5.41, 5.74) is 6.68.